The number of H-pyrrole nitrogens is 1. The molecule has 0 aliphatic rings. The number of aryl methyl sites for hydroxylation is 1. The van der Waals surface area contributed by atoms with Crippen molar-refractivity contribution in [3.05, 3.63) is 68.9 Å². The van der Waals surface area contributed by atoms with Gasteiger partial charge in [-0.25, -0.2) is 4.79 Å². The van der Waals surface area contributed by atoms with Crippen molar-refractivity contribution in [1.29, 1.82) is 0 Å². The highest BCUT2D eigenvalue weighted by molar-refractivity contribution is 5.74. The molecule has 2 aromatic heterocycles. The van der Waals surface area contributed by atoms with Crippen molar-refractivity contribution in [3.63, 3.8) is 0 Å². The number of nitrogens with zero attached hydrogens (tertiary/aromatic N) is 3. The Balaban J connectivity index is 1.53. The van der Waals surface area contributed by atoms with Crippen LogP contribution < -0.4 is 35.5 Å². The van der Waals surface area contributed by atoms with Crippen molar-refractivity contribution in [3.8, 4) is 23.0 Å². The summed E-state index contributed by atoms with van der Waals surface area (Å²) in [5.74, 6) is 2.86. The van der Waals surface area contributed by atoms with Gasteiger partial charge in [0, 0.05) is 13.6 Å². The maximum atomic E-state index is 12.7. The molecule has 12 heteroatoms. The third-order valence-electron chi connectivity index (χ3n) is 6.05. The van der Waals surface area contributed by atoms with Crippen LogP contribution in [0.15, 0.2) is 52.1 Å². The third kappa shape index (κ3) is 5.75. The van der Waals surface area contributed by atoms with Gasteiger partial charge in [-0.15, -0.1) is 0 Å². The minimum absolute atomic E-state index is 0.00658. The highest BCUT2D eigenvalue weighted by Crippen LogP contribution is 2.27. The van der Waals surface area contributed by atoms with Crippen LogP contribution in [0.3, 0.4) is 0 Å². The molecule has 0 saturated carbocycles. The monoisotopic (exact) mass is 525 g/mol. The topological polar surface area (TPSA) is 142 Å². The summed E-state index contributed by atoms with van der Waals surface area (Å²) in [6, 6.07) is 12.6. The lowest BCUT2D eigenvalue weighted by Gasteiger charge is -2.16. The lowest BCUT2D eigenvalue weighted by Crippen LogP contribution is -2.31. The van der Waals surface area contributed by atoms with Gasteiger partial charge in [-0.05, 0) is 48.4 Å². The average molecular weight is 526 g/mol. The fourth-order valence-corrected chi connectivity index (χ4v) is 4.03. The highest BCUT2D eigenvalue weighted by Gasteiger charge is 2.20. The van der Waals surface area contributed by atoms with E-state index in [1.807, 2.05) is 18.2 Å². The van der Waals surface area contributed by atoms with Crippen LogP contribution in [0.1, 0.15) is 5.56 Å². The summed E-state index contributed by atoms with van der Waals surface area (Å²) in [6.45, 7) is 0.441. The Morgan fingerprint density at radius 3 is 2.39 bits per heavy atom. The van der Waals surface area contributed by atoms with E-state index in [1.165, 1.54) is 11.6 Å². The minimum atomic E-state index is -0.975. The summed E-state index contributed by atoms with van der Waals surface area (Å²) in [4.78, 5) is 31.7. The van der Waals surface area contributed by atoms with Gasteiger partial charge in [-0.2, -0.15) is 4.98 Å². The number of hydrogen-bond acceptors (Lipinski definition) is 9. The maximum absolute atomic E-state index is 12.7. The summed E-state index contributed by atoms with van der Waals surface area (Å²) < 4.78 is 24.3. The van der Waals surface area contributed by atoms with Crippen LogP contribution in [0.25, 0.3) is 11.2 Å². The Morgan fingerprint density at radius 2 is 1.71 bits per heavy atom. The Hall–Kier alpha value is -4.45. The minimum Gasteiger partial charge on any atom is -0.497 e. The largest absolute Gasteiger partial charge is 0.497 e. The molecule has 0 fully saturated rings. The second kappa shape index (κ2) is 11.7. The zero-order chi connectivity index (χ0) is 27.2. The molecule has 0 aliphatic heterocycles. The van der Waals surface area contributed by atoms with Gasteiger partial charge in [0.05, 0.1) is 27.9 Å². The number of methoxy groups -OCH3 is 3. The zero-order valence-corrected chi connectivity index (χ0v) is 21.7. The molecule has 38 heavy (non-hydrogen) atoms. The van der Waals surface area contributed by atoms with Crippen LogP contribution in [-0.2, 0) is 20.0 Å². The molecule has 0 bridgehead atoms. The number of imidazole rings is 1. The summed E-state index contributed by atoms with van der Waals surface area (Å²) in [5, 5.41) is 14.0. The number of benzene rings is 2. The van der Waals surface area contributed by atoms with Crippen molar-refractivity contribution in [2.24, 2.45) is 7.05 Å². The van der Waals surface area contributed by atoms with Crippen molar-refractivity contribution in [2.75, 3.05) is 39.8 Å². The molecule has 2 heterocycles. The number of fused-ring (bicyclic) bond motifs is 1. The Morgan fingerprint density at radius 1 is 1.00 bits per heavy atom. The van der Waals surface area contributed by atoms with Gasteiger partial charge in [0.15, 0.2) is 22.7 Å². The molecule has 0 aliphatic carbocycles. The quantitative estimate of drug-likeness (QED) is 0.251. The standard InChI is InChI=1S/C26H31N5O7/c1-30-23-22(24(33)29-26(30)34)31(14-17(32)15-38-19-8-6-18(35-2)7-9-19)25(28-23)27-12-11-16-5-10-20(36-3)21(13-16)37-4/h5-10,13,17,32H,11-12,14-15H2,1-4H3,(H,27,28)(H,29,33,34). The van der Waals surface area contributed by atoms with Gasteiger partial charge in [-0.1, -0.05) is 6.07 Å². The molecule has 4 rings (SSSR count). The summed E-state index contributed by atoms with van der Waals surface area (Å²) in [6.07, 6.45) is -0.361. The lowest BCUT2D eigenvalue weighted by molar-refractivity contribution is 0.0938. The van der Waals surface area contributed by atoms with Gasteiger partial charge in [0.1, 0.15) is 24.2 Å². The van der Waals surface area contributed by atoms with Crippen molar-refractivity contribution in [2.45, 2.75) is 19.1 Å². The predicted molar refractivity (Wildman–Crippen MR) is 142 cm³/mol. The number of rotatable bonds is 12. The summed E-state index contributed by atoms with van der Waals surface area (Å²) >= 11 is 0. The van der Waals surface area contributed by atoms with Crippen LogP contribution in [0.2, 0.25) is 0 Å². The Labute approximate surface area is 218 Å². The first kappa shape index (κ1) is 26.6. The SMILES string of the molecule is COc1ccc(OCC(O)Cn2c(NCCc3ccc(OC)c(OC)c3)nc3c2c(=O)[nH]c(=O)n3C)cc1. The smallest absolute Gasteiger partial charge is 0.329 e. The van der Waals surface area contributed by atoms with Crippen LogP contribution >= 0.6 is 0 Å². The van der Waals surface area contributed by atoms with Gasteiger partial charge in [-0.3, -0.25) is 14.3 Å². The lowest BCUT2D eigenvalue weighted by atomic mass is 10.1. The molecule has 12 nitrogen and oxygen atoms in total. The summed E-state index contributed by atoms with van der Waals surface area (Å²) in [5.41, 5.74) is 0.204. The number of aromatic nitrogens is 4. The van der Waals surface area contributed by atoms with E-state index in [-0.39, 0.29) is 24.3 Å². The molecule has 0 saturated heterocycles. The van der Waals surface area contributed by atoms with E-state index < -0.39 is 17.4 Å². The number of aromatic amines is 1. The van der Waals surface area contributed by atoms with Crippen LogP contribution in [-0.4, -0.2) is 64.8 Å². The second-order valence-electron chi connectivity index (χ2n) is 8.54. The molecule has 1 unspecified atom stereocenters. The predicted octanol–water partition coefficient (Wildman–Crippen LogP) is 1.54. The number of aliphatic hydroxyl groups excluding tert-OH is 1. The first-order valence-corrected chi connectivity index (χ1v) is 11.9. The van der Waals surface area contributed by atoms with E-state index in [0.29, 0.717) is 41.9 Å². The van der Waals surface area contributed by atoms with Gasteiger partial charge >= 0.3 is 5.69 Å². The molecule has 3 N–H and O–H groups in total. The first-order valence-electron chi connectivity index (χ1n) is 11.9. The van der Waals surface area contributed by atoms with Crippen molar-refractivity contribution >= 4 is 17.1 Å². The molecule has 1 atom stereocenters. The van der Waals surface area contributed by atoms with Crippen LogP contribution in [0, 0.1) is 0 Å². The molecule has 0 amide bonds. The van der Waals surface area contributed by atoms with E-state index in [2.05, 4.69) is 15.3 Å². The molecule has 2 aromatic carbocycles. The third-order valence-corrected chi connectivity index (χ3v) is 6.05. The molecule has 0 radical (unpaired) electrons. The van der Waals surface area contributed by atoms with Crippen molar-refractivity contribution < 1.29 is 24.1 Å². The van der Waals surface area contributed by atoms with Gasteiger partial charge < -0.3 is 33.9 Å². The van der Waals surface area contributed by atoms with Crippen LogP contribution in [0.4, 0.5) is 5.95 Å². The van der Waals surface area contributed by atoms with E-state index >= 15 is 0 Å². The number of nitrogens with one attached hydrogen (secondary N) is 2. The second-order valence-corrected chi connectivity index (χ2v) is 8.54. The van der Waals surface area contributed by atoms with Gasteiger partial charge in [0.25, 0.3) is 5.56 Å². The van der Waals surface area contributed by atoms with E-state index in [0.717, 1.165) is 5.56 Å². The molecular weight excluding hydrogens is 494 g/mol. The molecular formula is C26H31N5O7. The average Bonchev–Trinajstić information content (AvgIpc) is 3.29. The highest BCUT2D eigenvalue weighted by atomic mass is 16.5. The van der Waals surface area contributed by atoms with E-state index in [1.54, 1.807) is 50.2 Å². The fraction of sp³-hybridized carbons (Fsp3) is 0.346. The number of ether oxygens (including phenoxy) is 4. The van der Waals surface area contributed by atoms with Crippen molar-refractivity contribution in [1.82, 2.24) is 19.1 Å². The Bertz CT molecular complexity index is 1510. The molecule has 202 valence electrons. The first-order chi connectivity index (χ1) is 18.3. The van der Waals surface area contributed by atoms with E-state index in [4.69, 9.17) is 18.9 Å². The normalized spacial score (nSPS) is 11.8. The maximum Gasteiger partial charge on any atom is 0.329 e. The molecule has 4 aromatic rings. The number of anilines is 1. The zero-order valence-electron chi connectivity index (χ0n) is 21.7. The van der Waals surface area contributed by atoms with E-state index in [9.17, 15) is 14.7 Å². The van der Waals surface area contributed by atoms with Gasteiger partial charge in [0.2, 0.25) is 5.95 Å². The number of hydrogen-bond donors (Lipinski definition) is 3. The fourth-order valence-electron chi connectivity index (χ4n) is 4.03. The Kier molecular flexibility index (Phi) is 8.22. The van der Waals surface area contributed by atoms with Crippen LogP contribution in [0.5, 0.6) is 23.0 Å². The summed E-state index contributed by atoms with van der Waals surface area (Å²) in [7, 11) is 6.25. The molecule has 0 spiro atoms. The number of aliphatic hydroxyl groups is 1.